The van der Waals surface area contributed by atoms with Gasteiger partial charge in [-0.3, -0.25) is 4.79 Å². The Kier molecular flexibility index (Phi) is 3.70. The Hall–Kier alpha value is -0.650. The van der Waals surface area contributed by atoms with E-state index >= 15 is 0 Å². The maximum absolute atomic E-state index is 11.5. The molecule has 0 saturated carbocycles. The third kappa shape index (κ3) is 2.68. The third-order valence-electron chi connectivity index (χ3n) is 1.73. The van der Waals surface area contributed by atoms with Crippen LogP contribution >= 0.6 is 23.2 Å². The van der Waals surface area contributed by atoms with Crippen LogP contribution in [-0.4, -0.2) is 24.4 Å². The molecular formula is C8H7Cl2NO3S. The number of carbonyl (C=O) groups excluding carboxylic acids is 1. The second-order valence-corrected chi connectivity index (χ2v) is 5.64. The largest absolute Gasteiger partial charge is 0.274 e. The van der Waals surface area contributed by atoms with Crippen molar-refractivity contribution in [2.45, 2.75) is 11.8 Å². The lowest BCUT2D eigenvalue weighted by atomic mass is 10.4. The summed E-state index contributed by atoms with van der Waals surface area (Å²) in [5.41, 5.74) is -0.328. The number of halogens is 2. The highest BCUT2D eigenvalue weighted by atomic mass is 35.5. The molecule has 1 aromatic heterocycles. The molecule has 0 N–H and O–H groups in total. The number of sulfone groups is 1. The van der Waals surface area contributed by atoms with Gasteiger partial charge >= 0.3 is 0 Å². The molecule has 0 aliphatic heterocycles. The molecule has 1 rings (SSSR count). The minimum absolute atomic E-state index is 0.0223. The van der Waals surface area contributed by atoms with Gasteiger partial charge in [0.25, 0.3) is 5.24 Å². The number of nitrogens with zero attached hydrogens (tertiary/aromatic N) is 1. The topological polar surface area (TPSA) is 64.1 Å². The molecule has 7 heteroatoms. The second-order valence-electron chi connectivity index (χ2n) is 2.66. The summed E-state index contributed by atoms with van der Waals surface area (Å²) in [4.78, 5) is 14.4. The maximum atomic E-state index is 11.5. The van der Waals surface area contributed by atoms with Gasteiger partial charge in [-0.05, 0) is 23.7 Å². The van der Waals surface area contributed by atoms with Gasteiger partial charge in [-0.1, -0.05) is 18.5 Å². The Labute approximate surface area is 97.1 Å². The predicted molar refractivity (Wildman–Crippen MR) is 57.2 cm³/mol. The molecule has 0 amide bonds. The van der Waals surface area contributed by atoms with Gasteiger partial charge in [0.2, 0.25) is 0 Å². The summed E-state index contributed by atoms with van der Waals surface area (Å²) in [6.45, 7) is 1.46. The van der Waals surface area contributed by atoms with E-state index in [-0.39, 0.29) is 21.5 Å². The van der Waals surface area contributed by atoms with Crippen molar-refractivity contribution >= 4 is 38.3 Å². The first-order chi connectivity index (χ1) is 6.88. The number of hydrogen-bond acceptors (Lipinski definition) is 4. The van der Waals surface area contributed by atoms with E-state index in [4.69, 9.17) is 23.2 Å². The quantitative estimate of drug-likeness (QED) is 0.620. The molecule has 0 spiro atoms. The van der Waals surface area contributed by atoms with E-state index in [0.717, 1.165) is 0 Å². The van der Waals surface area contributed by atoms with Gasteiger partial charge in [-0.25, -0.2) is 13.4 Å². The van der Waals surface area contributed by atoms with E-state index in [2.05, 4.69) is 4.98 Å². The van der Waals surface area contributed by atoms with E-state index in [1.54, 1.807) is 0 Å². The SMILES string of the molecule is CCS(=O)(=O)c1ccc(Cl)nc1C(=O)Cl. The lowest BCUT2D eigenvalue weighted by molar-refractivity contribution is 0.107. The normalized spacial score (nSPS) is 11.4. The molecule has 0 radical (unpaired) electrons. The minimum Gasteiger partial charge on any atom is -0.274 e. The van der Waals surface area contributed by atoms with E-state index in [1.807, 2.05) is 0 Å². The Morgan fingerprint density at radius 1 is 1.47 bits per heavy atom. The first-order valence-electron chi connectivity index (χ1n) is 3.97. The van der Waals surface area contributed by atoms with Crippen LogP contribution in [0.25, 0.3) is 0 Å². The Morgan fingerprint density at radius 3 is 2.53 bits per heavy atom. The monoisotopic (exact) mass is 267 g/mol. The molecule has 0 fully saturated rings. The van der Waals surface area contributed by atoms with Gasteiger partial charge in [-0.15, -0.1) is 0 Å². The predicted octanol–water partition coefficient (Wildman–Crippen LogP) is 1.91. The molecule has 0 aliphatic carbocycles. The molecule has 0 aliphatic rings. The van der Waals surface area contributed by atoms with Crippen molar-refractivity contribution in [1.29, 1.82) is 0 Å². The fraction of sp³-hybridized carbons (Fsp3) is 0.250. The summed E-state index contributed by atoms with van der Waals surface area (Å²) in [6.07, 6.45) is 0. The van der Waals surface area contributed by atoms with Crippen molar-refractivity contribution in [3.63, 3.8) is 0 Å². The number of pyridine rings is 1. The number of aromatic nitrogens is 1. The van der Waals surface area contributed by atoms with Gasteiger partial charge in [-0.2, -0.15) is 0 Å². The van der Waals surface area contributed by atoms with Gasteiger partial charge in [0.05, 0.1) is 10.6 Å². The molecule has 1 heterocycles. The zero-order valence-electron chi connectivity index (χ0n) is 7.70. The van der Waals surface area contributed by atoms with Gasteiger partial charge < -0.3 is 0 Å². The Bertz CT molecular complexity index is 499. The van der Waals surface area contributed by atoms with Gasteiger partial charge in [0.15, 0.2) is 9.84 Å². The fourth-order valence-electron chi connectivity index (χ4n) is 0.970. The summed E-state index contributed by atoms with van der Waals surface area (Å²) in [5.74, 6) is -0.131. The standard InChI is InChI=1S/C8H7Cl2NO3S/c1-2-15(13,14)5-3-4-6(9)11-7(5)8(10)12/h3-4H,2H2,1H3. The van der Waals surface area contributed by atoms with Crippen LogP contribution in [0.1, 0.15) is 17.4 Å². The summed E-state index contributed by atoms with van der Waals surface area (Å²) in [6, 6.07) is 2.53. The molecule has 0 saturated heterocycles. The Morgan fingerprint density at radius 2 is 2.07 bits per heavy atom. The highest BCUT2D eigenvalue weighted by Gasteiger charge is 2.21. The van der Waals surface area contributed by atoms with Gasteiger partial charge in [0, 0.05) is 0 Å². The molecule has 0 bridgehead atoms. The summed E-state index contributed by atoms with van der Waals surface area (Å²) in [7, 11) is -3.52. The van der Waals surface area contributed by atoms with Crippen LogP contribution in [0, 0.1) is 0 Å². The van der Waals surface area contributed by atoms with Crippen LogP contribution in [0.2, 0.25) is 5.15 Å². The van der Waals surface area contributed by atoms with Crippen LogP contribution in [-0.2, 0) is 9.84 Å². The first-order valence-corrected chi connectivity index (χ1v) is 6.38. The van der Waals surface area contributed by atoms with E-state index in [0.29, 0.717) is 0 Å². The van der Waals surface area contributed by atoms with Crippen molar-refractivity contribution in [2.24, 2.45) is 0 Å². The third-order valence-corrected chi connectivity index (χ3v) is 3.87. The van der Waals surface area contributed by atoms with E-state index in [1.165, 1.54) is 19.1 Å². The van der Waals surface area contributed by atoms with Crippen LogP contribution < -0.4 is 0 Å². The molecule has 0 aromatic carbocycles. The number of carbonyl (C=O) groups is 1. The summed E-state index contributed by atoms with van der Waals surface area (Å²) in [5, 5.41) is -0.918. The Balaban J connectivity index is 3.49. The van der Waals surface area contributed by atoms with Crippen molar-refractivity contribution in [1.82, 2.24) is 4.98 Å². The summed E-state index contributed by atoms with van der Waals surface area (Å²) >= 11 is 10.8. The van der Waals surface area contributed by atoms with Crippen molar-refractivity contribution in [2.75, 3.05) is 5.75 Å². The van der Waals surface area contributed by atoms with E-state index < -0.39 is 15.1 Å². The van der Waals surface area contributed by atoms with Crippen molar-refractivity contribution in [3.8, 4) is 0 Å². The lowest BCUT2D eigenvalue weighted by Crippen LogP contribution is -2.10. The molecule has 4 nitrogen and oxygen atoms in total. The van der Waals surface area contributed by atoms with E-state index in [9.17, 15) is 13.2 Å². The minimum atomic E-state index is -3.52. The van der Waals surface area contributed by atoms with Crippen LogP contribution in [0.15, 0.2) is 17.0 Å². The maximum Gasteiger partial charge on any atom is 0.272 e. The molecule has 0 atom stereocenters. The highest BCUT2D eigenvalue weighted by molar-refractivity contribution is 7.91. The van der Waals surface area contributed by atoms with Crippen molar-refractivity contribution in [3.05, 3.63) is 23.0 Å². The van der Waals surface area contributed by atoms with Gasteiger partial charge in [0.1, 0.15) is 10.8 Å². The fourth-order valence-corrected chi connectivity index (χ4v) is 2.34. The first kappa shape index (κ1) is 12.4. The zero-order valence-corrected chi connectivity index (χ0v) is 10.0. The molecule has 0 unspecified atom stereocenters. The molecule has 1 aromatic rings. The average Bonchev–Trinajstić information content (AvgIpc) is 2.17. The van der Waals surface area contributed by atoms with Crippen LogP contribution in [0.5, 0.6) is 0 Å². The summed E-state index contributed by atoms with van der Waals surface area (Å²) < 4.78 is 23.1. The van der Waals surface area contributed by atoms with Crippen LogP contribution in [0.4, 0.5) is 0 Å². The van der Waals surface area contributed by atoms with Crippen molar-refractivity contribution < 1.29 is 13.2 Å². The molecule has 82 valence electrons. The highest BCUT2D eigenvalue weighted by Crippen LogP contribution is 2.19. The smallest absolute Gasteiger partial charge is 0.272 e. The molecule has 15 heavy (non-hydrogen) atoms. The zero-order chi connectivity index (χ0) is 11.6. The average molecular weight is 268 g/mol. The lowest BCUT2D eigenvalue weighted by Gasteiger charge is -2.04. The molecular weight excluding hydrogens is 261 g/mol. The number of rotatable bonds is 3. The van der Waals surface area contributed by atoms with Crippen LogP contribution in [0.3, 0.4) is 0 Å². The number of hydrogen-bond donors (Lipinski definition) is 0. The second kappa shape index (κ2) is 4.47.